The van der Waals surface area contributed by atoms with Crippen molar-refractivity contribution in [3.05, 3.63) is 58.1 Å². The quantitative estimate of drug-likeness (QED) is 0.351. The van der Waals surface area contributed by atoms with Crippen LogP contribution in [0.1, 0.15) is 46.2 Å². The van der Waals surface area contributed by atoms with E-state index in [0.717, 1.165) is 44.6 Å². The van der Waals surface area contributed by atoms with E-state index in [1.165, 1.54) is 29.9 Å². The molecule has 1 unspecified atom stereocenters. The van der Waals surface area contributed by atoms with Crippen LogP contribution in [0.2, 0.25) is 0 Å². The zero-order valence-corrected chi connectivity index (χ0v) is 19.7. The number of hydrogen-bond acceptors (Lipinski definition) is 8. The highest BCUT2D eigenvalue weighted by Crippen LogP contribution is 2.46. The van der Waals surface area contributed by atoms with Crippen molar-refractivity contribution in [1.82, 2.24) is 29.9 Å². The minimum absolute atomic E-state index is 0.00520. The molecule has 1 aliphatic carbocycles. The Morgan fingerprint density at radius 3 is 2.60 bits per heavy atom. The molecule has 0 bridgehead atoms. The average molecular weight is 503 g/mol. The molecule has 12 heteroatoms. The maximum Gasteiger partial charge on any atom is 0.420 e. The number of pyridine rings is 2. The Morgan fingerprint density at radius 2 is 1.94 bits per heavy atom. The minimum Gasteiger partial charge on any atom is -0.376 e. The van der Waals surface area contributed by atoms with Gasteiger partial charge in [-0.15, -0.1) is 4.80 Å². The lowest BCUT2D eigenvalue weighted by Gasteiger charge is -2.19. The van der Waals surface area contributed by atoms with Crippen LogP contribution in [0.4, 0.5) is 13.2 Å². The summed E-state index contributed by atoms with van der Waals surface area (Å²) >= 11 is 1.47. The molecule has 1 aliphatic rings. The molecule has 1 saturated carbocycles. The summed E-state index contributed by atoms with van der Waals surface area (Å²) in [6, 6.07) is 0.928. The molecule has 0 aliphatic heterocycles. The van der Waals surface area contributed by atoms with E-state index >= 15 is 0 Å². The van der Waals surface area contributed by atoms with Gasteiger partial charge in [-0.25, -0.2) is 15.0 Å². The van der Waals surface area contributed by atoms with Crippen molar-refractivity contribution in [1.29, 1.82) is 0 Å². The number of Topliss-reactive ketones (excluding diaryl/α,β-unsaturated/α-hetero) is 1. The first-order valence-corrected chi connectivity index (χ1v) is 11.8. The number of fused-ring (bicyclic) bond motifs is 1. The number of carbonyl (C=O) groups is 1. The maximum atomic E-state index is 13.7. The molecule has 0 saturated heterocycles. The third-order valence-corrected chi connectivity index (χ3v) is 6.75. The van der Waals surface area contributed by atoms with Gasteiger partial charge in [-0.3, -0.25) is 4.79 Å². The summed E-state index contributed by atoms with van der Waals surface area (Å²) in [4.78, 5) is 27.6. The molecule has 0 spiro atoms. The van der Waals surface area contributed by atoms with Crippen LogP contribution in [0.5, 0.6) is 0 Å². The molecule has 35 heavy (non-hydrogen) atoms. The number of rotatable bonds is 8. The van der Waals surface area contributed by atoms with E-state index in [1.54, 1.807) is 13.3 Å². The van der Waals surface area contributed by atoms with Crippen LogP contribution in [-0.4, -0.2) is 42.8 Å². The van der Waals surface area contributed by atoms with Crippen LogP contribution >= 0.6 is 11.3 Å². The first-order chi connectivity index (χ1) is 16.7. The van der Waals surface area contributed by atoms with Crippen LogP contribution in [-0.2, 0) is 28.5 Å². The summed E-state index contributed by atoms with van der Waals surface area (Å²) in [6.07, 6.45) is 2.40. The number of hydrogen-bond donors (Lipinski definition) is 0. The molecular formula is C23H21F3N6O2S. The molecule has 0 radical (unpaired) electrons. The van der Waals surface area contributed by atoms with Gasteiger partial charge in [0.05, 0.1) is 23.5 Å². The summed E-state index contributed by atoms with van der Waals surface area (Å²) in [5.74, 6) is -0.352. The van der Waals surface area contributed by atoms with E-state index in [9.17, 15) is 18.0 Å². The molecule has 182 valence electrons. The van der Waals surface area contributed by atoms with Crippen molar-refractivity contribution in [2.75, 3.05) is 7.11 Å². The van der Waals surface area contributed by atoms with Crippen LogP contribution < -0.4 is 0 Å². The van der Waals surface area contributed by atoms with E-state index in [-0.39, 0.29) is 30.3 Å². The lowest BCUT2D eigenvalue weighted by atomic mass is 9.95. The Kier molecular flexibility index (Phi) is 6.09. The number of nitrogens with zero attached hydrogens (tertiary/aromatic N) is 6. The normalized spacial score (nSPS) is 15.0. The number of methoxy groups -OCH3 is 1. The van der Waals surface area contributed by atoms with Crippen molar-refractivity contribution in [2.45, 2.75) is 44.9 Å². The standard InChI is InChI=1S/C23H21F3N6O2S/c1-12-31-19-18(20(34-2)14-3-4-14)15(11-28-22(19)35-12)9-16(33)7-13-8-17(23(24,25)26)21(27-10-13)32-29-5-6-30-32/h5-6,8,10-11,14,20H,3-4,7,9H2,1-2H3. The molecule has 1 fully saturated rings. The molecule has 0 aromatic carbocycles. The summed E-state index contributed by atoms with van der Waals surface area (Å²) in [7, 11) is 1.64. The van der Waals surface area contributed by atoms with Gasteiger partial charge in [0.15, 0.2) is 5.82 Å². The van der Waals surface area contributed by atoms with Crippen molar-refractivity contribution in [3.63, 3.8) is 0 Å². The lowest BCUT2D eigenvalue weighted by Crippen LogP contribution is -2.17. The monoisotopic (exact) mass is 502 g/mol. The Labute approximate surface area is 202 Å². The highest BCUT2D eigenvalue weighted by atomic mass is 32.1. The Hall–Kier alpha value is -3.25. The second-order valence-electron chi connectivity index (χ2n) is 8.50. The number of ketones is 1. The summed E-state index contributed by atoms with van der Waals surface area (Å²) in [5.41, 5.74) is 1.42. The lowest BCUT2D eigenvalue weighted by molar-refractivity contribution is -0.138. The number of halogens is 3. The van der Waals surface area contributed by atoms with Crippen molar-refractivity contribution >= 4 is 27.5 Å². The molecular weight excluding hydrogens is 481 g/mol. The Bertz CT molecular complexity index is 1380. The van der Waals surface area contributed by atoms with E-state index < -0.39 is 17.6 Å². The van der Waals surface area contributed by atoms with Gasteiger partial charge >= 0.3 is 6.18 Å². The van der Waals surface area contributed by atoms with E-state index in [1.807, 2.05) is 6.92 Å². The van der Waals surface area contributed by atoms with Crippen LogP contribution in [0.25, 0.3) is 16.2 Å². The van der Waals surface area contributed by atoms with Gasteiger partial charge in [0.2, 0.25) is 0 Å². The molecule has 0 N–H and O–H groups in total. The first kappa shape index (κ1) is 23.5. The van der Waals surface area contributed by atoms with Crippen LogP contribution in [0.3, 0.4) is 0 Å². The van der Waals surface area contributed by atoms with Gasteiger partial charge in [0.1, 0.15) is 21.7 Å². The average Bonchev–Trinajstić information content (AvgIpc) is 3.34. The molecule has 4 heterocycles. The highest BCUT2D eigenvalue weighted by Gasteiger charge is 2.37. The summed E-state index contributed by atoms with van der Waals surface area (Å²) < 4.78 is 46.9. The highest BCUT2D eigenvalue weighted by molar-refractivity contribution is 7.18. The Balaban J connectivity index is 1.44. The second kappa shape index (κ2) is 9.08. The number of aryl methyl sites for hydroxylation is 1. The van der Waals surface area contributed by atoms with Gasteiger partial charge in [-0.2, -0.15) is 23.4 Å². The molecule has 4 aromatic rings. The summed E-state index contributed by atoms with van der Waals surface area (Å²) in [5, 5.41) is 8.34. The topological polar surface area (TPSA) is 95.7 Å². The first-order valence-electron chi connectivity index (χ1n) is 11.0. The fourth-order valence-corrected chi connectivity index (χ4v) is 5.01. The fraction of sp³-hybridized carbons (Fsp3) is 0.391. The fourth-order valence-electron chi connectivity index (χ4n) is 4.23. The zero-order valence-electron chi connectivity index (χ0n) is 18.9. The van der Waals surface area contributed by atoms with Gasteiger partial charge in [0, 0.05) is 37.9 Å². The number of ether oxygens (including phenoxy) is 1. The van der Waals surface area contributed by atoms with Crippen molar-refractivity contribution < 1.29 is 22.7 Å². The third kappa shape index (κ3) is 4.80. The predicted molar refractivity (Wildman–Crippen MR) is 121 cm³/mol. The van der Waals surface area contributed by atoms with E-state index in [4.69, 9.17) is 4.74 Å². The van der Waals surface area contributed by atoms with Gasteiger partial charge < -0.3 is 4.74 Å². The molecule has 1 atom stereocenters. The van der Waals surface area contributed by atoms with Crippen molar-refractivity contribution in [3.8, 4) is 5.82 Å². The number of carbonyl (C=O) groups excluding carboxylic acids is 1. The smallest absolute Gasteiger partial charge is 0.376 e. The predicted octanol–water partition coefficient (Wildman–Crippen LogP) is 4.45. The van der Waals surface area contributed by atoms with Gasteiger partial charge in [-0.05, 0) is 42.9 Å². The Morgan fingerprint density at radius 1 is 1.20 bits per heavy atom. The van der Waals surface area contributed by atoms with E-state index in [2.05, 4.69) is 25.1 Å². The van der Waals surface area contributed by atoms with Crippen LogP contribution in [0, 0.1) is 12.8 Å². The van der Waals surface area contributed by atoms with E-state index in [0.29, 0.717) is 11.5 Å². The minimum atomic E-state index is -4.68. The van der Waals surface area contributed by atoms with Crippen LogP contribution in [0.15, 0.2) is 30.9 Å². The number of alkyl halides is 3. The van der Waals surface area contributed by atoms with Gasteiger partial charge in [-0.1, -0.05) is 11.3 Å². The van der Waals surface area contributed by atoms with Crippen molar-refractivity contribution in [2.24, 2.45) is 5.92 Å². The SMILES string of the molecule is COC(c1c(CC(=O)Cc2cnc(-n3nccn3)c(C(F)(F)F)c2)cnc2sc(C)nc12)C1CC1. The molecule has 4 aromatic heterocycles. The number of aromatic nitrogens is 6. The molecule has 0 amide bonds. The third-order valence-electron chi connectivity index (χ3n) is 5.87. The second-order valence-corrected chi connectivity index (χ2v) is 9.68. The molecule has 8 nitrogen and oxygen atoms in total. The summed E-state index contributed by atoms with van der Waals surface area (Å²) in [6.45, 7) is 1.90. The zero-order chi connectivity index (χ0) is 24.7. The number of thiazole rings is 1. The largest absolute Gasteiger partial charge is 0.420 e. The van der Waals surface area contributed by atoms with Gasteiger partial charge in [0.25, 0.3) is 0 Å². The molecule has 5 rings (SSSR count). The maximum absolute atomic E-state index is 13.7.